The summed E-state index contributed by atoms with van der Waals surface area (Å²) < 4.78 is 2.32. The van der Waals surface area contributed by atoms with Crippen molar-refractivity contribution in [2.24, 2.45) is 0 Å². The van der Waals surface area contributed by atoms with Gasteiger partial charge >= 0.3 is 0 Å². The lowest BCUT2D eigenvalue weighted by Gasteiger charge is -2.23. The molecule has 0 unspecified atom stereocenters. The SMILES string of the molecule is C.C.CN1C(=CC=CC2=[N+](C)c3ccccc3C2(C)C)C(C)(C)c2ccccc21.[I-]. The van der Waals surface area contributed by atoms with E-state index in [2.05, 4.69) is 118 Å². The molecular weight excluding hydrogens is 479 g/mol. The molecule has 0 N–H and O–H groups in total. The van der Waals surface area contributed by atoms with Crippen molar-refractivity contribution in [3.63, 3.8) is 0 Å². The Morgan fingerprint density at radius 1 is 0.833 bits per heavy atom. The van der Waals surface area contributed by atoms with E-state index in [0.717, 1.165) is 0 Å². The normalized spacial score (nSPS) is 19.1. The summed E-state index contributed by atoms with van der Waals surface area (Å²) in [6, 6.07) is 17.4. The van der Waals surface area contributed by atoms with Crippen molar-refractivity contribution in [1.29, 1.82) is 0 Å². The van der Waals surface area contributed by atoms with Crippen molar-refractivity contribution >= 4 is 17.1 Å². The van der Waals surface area contributed by atoms with Crippen LogP contribution in [0.1, 0.15) is 53.7 Å². The van der Waals surface area contributed by atoms with Crippen molar-refractivity contribution in [2.75, 3.05) is 19.0 Å². The largest absolute Gasteiger partial charge is 1.00 e. The molecule has 0 saturated heterocycles. The van der Waals surface area contributed by atoms with Crippen molar-refractivity contribution in [3.8, 4) is 0 Å². The maximum atomic E-state index is 2.32. The molecule has 2 nitrogen and oxygen atoms in total. The van der Waals surface area contributed by atoms with Crippen LogP contribution < -0.4 is 28.9 Å². The van der Waals surface area contributed by atoms with E-state index in [1.807, 2.05) is 0 Å². The molecule has 2 aromatic rings. The minimum Gasteiger partial charge on any atom is -1.00 e. The van der Waals surface area contributed by atoms with E-state index in [-0.39, 0.29) is 49.7 Å². The third-order valence-corrected chi connectivity index (χ3v) is 6.39. The summed E-state index contributed by atoms with van der Waals surface area (Å²) in [5.41, 5.74) is 8.09. The first kappa shape index (κ1) is 26.2. The number of benzene rings is 2. The maximum absolute atomic E-state index is 2.32. The number of para-hydroxylation sites is 2. The van der Waals surface area contributed by atoms with E-state index in [9.17, 15) is 0 Å². The highest BCUT2D eigenvalue weighted by molar-refractivity contribution is 6.03. The van der Waals surface area contributed by atoms with Gasteiger partial charge < -0.3 is 28.9 Å². The highest BCUT2D eigenvalue weighted by Crippen LogP contribution is 2.46. The minimum absolute atomic E-state index is 0. The lowest BCUT2D eigenvalue weighted by Crippen LogP contribution is -3.00. The van der Waals surface area contributed by atoms with Crippen LogP contribution >= 0.6 is 0 Å². The number of likely N-dealkylation sites (N-methyl/N-ethyl adjacent to an activating group) is 1. The summed E-state index contributed by atoms with van der Waals surface area (Å²) in [6.45, 7) is 9.24. The highest BCUT2D eigenvalue weighted by atomic mass is 127. The summed E-state index contributed by atoms with van der Waals surface area (Å²) in [6.07, 6.45) is 6.78. The lowest BCUT2D eigenvalue weighted by molar-refractivity contribution is -0.401. The van der Waals surface area contributed by atoms with Gasteiger partial charge in [0, 0.05) is 41.6 Å². The van der Waals surface area contributed by atoms with Crippen LogP contribution in [0.2, 0.25) is 0 Å². The Morgan fingerprint density at radius 2 is 1.40 bits per heavy atom. The quantitative estimate of drug-likeness (QED) is 0.435. The molecule has 0 spiro atoms. The minimum atomic E-state index is 0. The second-order valence-electron chi connectivity index (χ2n) is 8.70. The molecule has 0 atom stereocenters. The molecule has 3 heteroatoms. The maximum Gasteiger partial charge on any atom is 0.209 e. The predicted molar refractivity (Wildman–Crippen MR) is 129 cm³/mol. The summed E-state index contributed by atoms with van der Waals surface area (Å²) in [5, 5.41) is 0. The number of rotatable bonds is 2. The van der Waals surface area contributed by atoms with Crippen LogP contribution in [0.5, 0.6) is 0 Å². The number of allylic oxidation sites excluding steroid dienone is 4. The highest BCUT2D eigenvalue weighted by Gasteiger charge is 2.42. The first-order valence-corrected chi connectivity index (χ1v) is 9.69. The molecule has 0 amide bonds. The summed E-state index contributed by atoms with van der Waals surface area (Å²) >= 11 is 0. The summed E-state index contributed by atoms with van der Waals surface area (Å²) in [5.74, 6) is 0. The van der Waals surface area contributed by atoms with Crippen LogP contribution in [-0.4, -0.2) is 24.4 Å². The molecule has 0 saturated carbocycles. The second-order valence-corrected chi connectivity index (χ2v) is 8.70. The standard InChI is InChI=1S/C25H29N2.2CH4.HI/c1-24(2)18-12-7-9-14-20(18)26(5)22(24)16-11-17-23-25(3,4)19-13-8-10-15-21(19)27(23)6;;;/h7-17H,1-6H3;2*1H4;1H/q+1;;;/p-1. The van der Waals surface area contributed by atoms with Crippen molar-refractivity contribution < 1.29 is 28.6 Å². The number of fused-ring (bicyclic) bond motifs is 2. The van der Waals surface area contributed by atoms with E-state index in [1.54, 1.807) is 0 Å². The fourth-order valence-corrected chi connectivity index (χ4v) is 4.83. The number of hydrogen-bond donors (Lipinski definition) is 0. The van der Waals surface area contributed by atoms with Crippen molar-refractivity contribution in [1.82, 2.24) is 0 Å². The smallest absolute Gasteiger partial charge is 0.209 e. The number of anilines is 1. The monoisotopic (exact) mass is 516 g/mol. The van der Waals surface area contributed by atoms with Gasteiger partial charge in [0.05, 0.1) is 5.41 Å². The molecule has 0 radical (unpaired) electrons. The summed E-state index contributed by atoms with van der Waals surface area (Å²) in [7, 11) is 4.34. The van der Waals surface area contributed by atoms with Gasteiger partial charge in [-0.3, -0.25) is 0 Å². The van der Waals surface area contributed by atoms with Gasteiger partial charge in [-0.15, -0.1) is 0 Å². The molecule has 4 rings (SSSR count). The van der Waals surface area contributed by atoms with Crippen LogP contribution in [-0.2, 0) is 10.8 Å². The summed E-state index contributed by atoms with van der Waals surface area (Å²) in [4.78, 5) is 2.32. The Kier molecular flexibility index (Phi) is 7.92. The van der Waals surface area contributed by atoms with Crippen LogP contribution in [0.4, 0.5) is 11.4 Å². The molecule has 0 bridgehead atoms. The lowest BCUT2D eigenvalue weighted by atomic mass is 9.81. The fraction of sp³-hybridized carbons (Fsp3) is 0.370. The molecule has 2 aliphatic heterocycles. The third kappa shape index (κ3) is 3.77. The average Bonchev–Trinajstić information content (AvgIpc) is 2.96. The van der Waals surface area contributed by atoms with Gasteiger partial charge in [0.2, 0.25) is 5.69 Å². The molecule has 162 valence electrons. The van der Waals surface area contributed by atoms with Gasteiger partial charge in [0.1, 0.15) is 7.05 Å². The van der Waals surface area contributed by atoms with Crippen LogP contribution in [0, 0.1) is 0 Å². The van der Waals surface area contributed by atoms with Crippen molar-refractivity contribution in [2.45, 2.75) is 53.4 Å². The van der Waals surface area contributed by atoms with Gasteiger partial charge in [-0.05, 0) is 31.6 Å². The number of hydrogen-bond acceptors (Lipinski definition) is 1. The molecule has 0 fully saturated rings. The first-order valence-electron chi connectivity index (χ1n) is 9.69. The number of nitrogens with zero attached hydrogens (tertiary/aromatic N) is 2. The molecule has 30 heavy (non-hydrogen) atoms. The van der Waals surface area contributed by atoms with E-state index >= 15 is 0 Å². The van der Waals surface area contributed by atoms with Gasteiger partial charge in [0.25, 0.3) is 0 Å². The molecule has 2 aliphatic rings. The molecule has 0 aliphatic carbocycles. The molecular formula is C27H37IN2. The molecule has 0 aromatic heterocycles. The molecule has 2 aromatic carbocycles. The van der Waals surface area contributed by atoms with Crippen LogP contribution in [0.15, 0.2) is 72.5 Å². The van der Waals surface area contributed by atoms with Gasteiger partial charge in [-0.1, -0.05) is 71.2 Å². The second kappa shape index (κ2) is 9.09. The Morgan fingerprint density at radius 3 is 2.00 bits per heavy atom. The van der Waals surface area contributed by atoms with Gasteiger partial charge in [-0.25, -0.2) is 0 Å². The zero-order chi connectivity index (χ0) is 19.4. The molecule has 2 heterocycles. The average molecular weight is 517 g/mol. The Labute approximate surface area is 201 Å². The van der Waals surface area contributed by atoms with E-state index in [0.29, 0.717) is 0 Å². The van der Waals surface area contributed by atoms with E-state index in [1.165, 1.54) is 33.9 Å². The van der Waals surface area contributed by atoms with Gasteiger partial charge in [0.15, 0.2) is 5.71 Å². The Balaban J connectivity index is 0.00000150. The zero-order valence-corrected chi connectivity index (χ0v) is 19.8. The zero-order valence-electron chi connectivity index (χ0n) is 17.6. The topological polar surface area (TPSA) is 6.25 Å². The Bertz CT molecular complexity index is 1010. The van der Waals surface area contributed by atoms with Crippen LogP contribution in [0.3, 0.4) is 0 Å². The van der Waals surface area contributed by atoms with Crippen molar-refractivity contribution in [3.05, 3.63) is 83.6 Å². The predicted octanol–water partition coefficient (Wildman–Crippen LogP) is 3.84. The third-order valence-electron chi connectivity index (χ3n) is 6.39. The van der Waals surface area contributed by atoms with E-state index < -0.39 is 0 Å². The fourth-order valence-electron chi connectivity index (χ4n) is 4.83. The van der Waals surface area contributed by atoms with Crippen LogP contribution in [0.25, 0.3) is 0 Å². The first-order chi connectivity index (χ1) is 12.8. The van der Waals surface area contributed by atoms with E-state index in [4.69, 9.17) is 0 Å². The Hall–Kier alpha value is -1.88. The number of halogens is 1. The van der Waals surface area contributed by atoms with Gasteiger partial charge in [-0.2, -0.15) is 4.58 Å².